The number of nitrogens with one attached hydrogen (secondary N) is 2. The van der Waals surface area contributed by atoms with Crippen LogP contribution in [0.3, 0.4) is 0 Å². The Morgan fingerprint density at radius 2 is 2.22 bits per heavy atom. The van der Waals surface area contributed by atoms with E-state index in [1.54, 1.807) is 18.8 Å². The van der Waals surface area contributed by atoms with Gasteiger partial charge in [-0.15, -0.1) is 11.8 Å². The number of hydrogen-bond donors (Lipinski definition) is 2. The molecule has 1 aromatic rings. The Morgan fingerprint density at radius 3 is 2.83 bits per heavy atom. The second kappa shape index (κ2) is 5.51. The summed E-state index contributed by atoms with van der Waals surface area (Å²) in [5.41, 5.74) is 1.80. The number of anilines is 1. The summed E-state index contributed by atoms with van der Waals surface area (Å²) >= 11 is 8.00. The lowest BCUT2D eigenvalue weighted by atomic mass is 10.1. The summed E-state index contributed by atoms with van der Waals surface area (Å²) in [6.07, 6.45) is 0. The highest BCUT2D eigenvalue weighted by atomic mass is 35.5. The predicted octanol–water partition coefficient (Wildman–Crippen LogP) is 3.30. The third kappa shape index (κ3) is 2.66. The molecule has 1 unspecified atom stereocenters. The van der Waals surface area contributed by atoms with Gasteiger partial charge in [0.15, 0.2) is 0 Å². The first-order valence-corrected chi connectivity index (χ1v) is 7.33. The van der Waals surface area contributed by atoms with Gasteiger partial charge in [-0.25, -0.2) is 0 Å². The quantitative estimate of drug-likeness (QED) is 0.834. The molecule has 0 aliphatic carbocycles. The first-order valence-electron chi connectivity index (χ1n) is 5.97. The fourth-order valence-corrected chi connectivity index (χ4v) is 3.16. The van der Waals surface area contributed by atoms with Crippen LogP contribution in [0.25, 0.3) is 0 Å². The fraction of sp³-hybridized carbons (Fsp3) is 0.462. The van der Waals surface area contributed by atoms with Crippen molar-refractivity contribution < 1.29 is 4.79 Å². The smallest absolute Gasteiger partial charge is 0.246 e. The molecule has 0 radical (unpaired) electrons. The Hall–Kier alpha value is -0.710. The van der Waals surface area contributed by atoms with Gasteiger partial charge in [0.25, 0.3) is 0 Å². The zero-order chi connectivity index (χ0) is 13.3. The van der Waals surface area contributed by atoms with E-state index in [0.717, 1.165) is 26.9 Å². The summed E-state index contributed by atoms with van der Waals surface area (Å²) < 4.78 is 0. The maximum absolute atomic E-state index is 11.7. The predicted molar refractivity (Wildman–Crippen MR) is 77.4 cm³/mol. The number of likely N-dealkylation sites (N-methyl/N-ethyl adjacent to an activating group) is 1. The standard InChI is InChI=1S/C13H17ClN2OS/c1-7(2)6-18-11-5-10-8(4-9(11)14)12(15-3)13(17)16-10/h4-5,7,12,15H,6H2,1-3H3,(H,16,17). The molecule has 1 heterocycles. The first kappa shape index (κ1) is 13.7. The molecule has 0 aromatic heterocycles. The summed E-state index contributed by atoms with van der Waals surface area (Å²) in [5.74, 6) is 1.61. The summed E-state index contributed by atoms with van der Waals surface area (Å²) in [7, 11) is 1.77. The third-order valence-electron chi connectivity index (χ3n) is 2.80. The fourth-order valence-electron chi connectivity index (χ4n) is 1.92. The number of benzene rings is 1. The zero-order valence-corrected chi connectivity index (χ0v) is 12.3. The Labute approximate surface area is 117 Å². The summed E-state index contributed by atoms with van der Waals surface area (Å²) in [5, 5.41) is 6.59. The molecular weight excluding hydrogens is 268 g/mol. The minimum absolute atomic E-state index is 0.0189. The maximum Gasteiger partial charge on any atom is 0.246 e. The monoisotopic (exact) mass is 284 g/mol. The molecule has 98 valence electrons. The highest BCUT2D eigenvalue weighted by Gasteiger charge is 2.30. The van der Waals surface area contributed by atoms with Gasteiger partial charge in [0.2, 0.25) is 5.91 Å². The SMILES string of the molecule is CNC1C(=O)Nc2cc(SCC(C)C)c(Cl)cc21. The first-order chi connectivity index (χ1) is 8.52. The lowest BCUT2D eigenvalue weighted by Crippen LogP contribution is -2.23. The average molecular weight is 285 g/mol. The Bertz CT molecular complexity index is 476. The molecule has 0 saturated carbocycles. The van der Waals surface area contributed by atoms with Crippen LogP contribution in [0, 0.1) is 5.92 Å². The van der Waals surface area contributed by atoms with E-state index in [4.69, 9.17) is 11.6 Å². The topological polar surface area (TPSA) is 41.1 Å². The molecule has 18 heavy (non-hydrogen) atoms. The van der Waals surface area contributed by atoms with Crippen molar-refractivity contribution in [3.63, 3.8) is 0 Å². The number of amides is 1. The number of fused-ring (bicyclic) bond motifs is 1. The van der Waals surface area contributed by atoms with Crippen molar-refractivity contribution in [3.05, 3.63) is 22.7 Å². The van der Waals surface area contributed by atoms with E-state index < -0.39 is 0 Å². The van der Waals surface area contributed by atoms with Gasteiger partial charge >= 0.3 is 0 Å². The normalized spacial score (nSPS) is 18.1. The van der Waals surface area contributed by atoms with E-state index in [1.165, 1.54) is 0 Å². The van der Waals surface area contributed by atoms with Gasteiger partial charge in [-0.2, -0.15) is 0 Å². The van der Waals surface area contributed by atoms with Gasteiger partial charge in [-0.1, -0.05) is 25.4 Å². The van der Waals surface area contributed by atoms with Crippen molar-refractivity contribution in [1.29, 1.82) is 0 Å². The van der Waals surface area contributed by atoms with Crippen LogP contribution in [0.4, 0.5) is 5.69 Å². The lowest BCUT2D eigenvalue weighted by molar-refractivity contribution is -0.117. The van der Waals surface area contributed by atoms with Crippen LogP contribution in [0.1, 0.15) is 25.5 Å². The molecule has 0 fully saturated rings. The van der Waals surface area contributed by atoms with Gasteiger partial charge < -0.3 is 10.6 Å². The molecule has 0 spiro atoms. The van der Waals surface area contributed by atoms with Gasteiger partial charge in [0.1, 0.15) is 6.04 Å². The third-order valence-corrected chi connectivity index (χ3v) is 4.70. The van der Waals surface area contributed by atoms with Gasteiger partial charge in [0, 0.05) is 21.9 Å². The van der Waals surface area contributed by atoms with E-state index in [2.05, 4.69) is 24.5 Å². The molecule has 5 heteroatoms. The van der Waals surface area contributed by atoms with E-state index in [1.807, 2.05) is 12.1 Å². The van der Waals surface area contributed by atoms with Crippen LogP contribution in [-0.2, 0) is 4.79 Å². The summed E-state index contributed by atoms with van der Waals surface area (Å²) in [6, 6.07) is 3.57. The van der Waals surface area contributed by atoms with Crippen molar-refractivity contribution in [2.45, 2.75) is 24.8 Å². The molecule has 0 saturated heterocycles. The molecule has 0 bridgehead atoms. The van der Waals surface area contributed by atoms with E-state index >= 15 is 0 Å². The minimum Gasteiger partial charge on any atom is -0.324 e. The lowest BCUT2D eigenvalue weighted by Gasteiger charge is -2.10. The average Bonchev–Trinajstić information content (AvgIpc) is 2.60. The molecule has 1 aromatic carbocycles. The van der Waals surface area contributed by atoms with Crippen LogP contribution in [0.5, 0.6) is 0 Å². The molecule has 1 aliphatic rings. The maximum atomic E-state index is 11.7. The highest BCUT2D eigenvalue weighted by Crippen LogP contribution is 2.39. The second-order valence-electron chi connectivity index (χ2n) is 4.79. The van der Waals surface area contributed by atoms with Crippen LogP contribution in [0.2, 0.25) is 5.02 Å². The molecule has 2 N–H and O–H groups in total. The number of carbonyl (C=O) groups excluding carboxylic acids is 1. The molecule has 1 atom stereocenters. The Kier molecular flexibility index (Phi) is 4.20. The van der Waals surface area contributed by atoms with Crippen LogP contribution >= 0.6 is 23.4 Å². The van der Waals surface area contributed by atoms with E-state index in [0.29, 0.717) is 5.92 Å². The Balaban J connectivity index is 2.28. The van der Waals surface area contributed by atoms with Crippen molar-refractivity contribution >= 4 is 35.0 Å². The van der Waals surface area contributed by atoms with Gasteiger partial charge in [-0.05, 0) is 25.1 Å². The largest absolute Gasteiger partial charge is 0.324 e. The van der Waals surface area contributed by atoms with Crippen LogP contribution in [0.15, 0.2) is 17.0 Å². The molecule has 2 rings (SSSR count). The summed E-state index contributed by atoms with van der Waals surface area (Å²) in [6.45, 7) is 4.35. The zero-order valence-electron chi connectivity index (χ0n) is 10.7. The Morgan fingerprint density at radius 1 is 1.50 bits per heavy atom. The molecule has 1 amide bonds. The van der Waals surface area contributed by atoms with E-state index in [9.17, 15) is 4.79 Å². The van der Waals surface area contributed by atoms with Crippen molar-refractivity contribution in [3.8, 4) is 0 Å². The van der Waals surface area contributed by atoms with E-state index in [-0.39, 0.29) is 11.9 Å². The number of rotatable bonds is 4. The minimum atomic E-state index is -0.290. The number of halogens is 1. The van der Waals surface area contributed by atoms with Crippen molar-refractivity contribution in [1.82, 2.24) is 5.32 Å². The number of thioether (sulfide) groups is 1. The van der Waals surface area contributed by atoms with Crippen LogP contribution in [-0.4, -0.2) is 18.7 Å². The number of hydrogen-bond acceptors (Lipinski definition) is 3. The van der Waals surface area contributed by atoms with Crippen molar-refractivity contribution in [2.75, 3.05) is 18.1 Å². The highest BCUT2D eigenvalue weighted by molar-refractivity contribution is 7.99. The second-order valence-corrected chi connectivity index (χ2v) is 6.25. The van der Waals surface area contributed by atoms with Gasteiger partial charge in [-0.3, -0.25) is 4.79 Å². The summed E-state index contributed by atoms with van der Waals surface area (Å²) in [4.78, 5) is 12.8. The van der Waals surface area contributed by atoms with Crippen molar-refractivity contribution in [2.24, 2.45) is 5.92 Å². The number of carbonyl (C=O) groups is 1. The molecular formula is C13H17ClN2OS. The van der Waals surface area contributed by atoms with Crippen LogP contribution < -0.4 is 10.6 Å². The molecule has 1 aliphatic heterocycles. The molecule has 3 nitrogen and oxygen atoms in total. The van der Waals surface area contributed by atoms with Gasteiger partial charge in [0.05, 0.1) is 5.02 Å².